The van der Waals surface area contributed by atoms with Gasteiger partial charge in [0.2, 0.25) is 5.88 Å². The maximum absolute atomic E-state index is 9.82. The van der Waals surface area contributed by atoms with E-state index in [0.717, 1.165) is 72.1 Å². The largest absolute Gasteiger partial charge is 0.473 e. The fourth-order valence-corrected chi connectivity index (χ4v) is 6.21. The van der Waals surface area contributed by atoms with E-state index in [0.29, 0.717) is 24.7 Å². The number of aromatic amines is 1. The first-order chi connectivity index (χ1) is 20.7. The number of H-pyrrole nitrogens is 1. The molecule has 10 heteroatoms. The molecule has 0 amide bonds. The van der Waals surface area contributed by atoms with E-state index in [4.69, 9.17) is 20.2 Å². The van der Waals surface area contributed by atoms with Gasteiger partial charge in [-0.25, -0.2) is 14.3 Å². The molecule has 214 valence electrons. The number of aromatic nitrogens is 3. The molecule has 0 unspecified atom stereocenters. The predicted octanol–water partition coefficient (Wildman–Crippen LogP) is 5.60. The normalized spacial score (nSPS) is 17.5. The Hall–Kier alpha value is -4.17. The number of hydrogen-bond donors (Lipinski definition) is 2. The van der Waals surface area contributed by atoms with E-state index in [1.807, 2.05) is 36.5 Å². The minimum Gasteiger partial charge on any atom is -0.473 e. The molecular weight excluding hydrogens is 546 g/mol. The van der Waals surface area contributed by atoms with Crippen molar-refractivity contribution in [2.45, 2.75) is 42.7 Å². The van der Waals surface area contributed by atoms with Crippen molar-refractivity contribution < 1.29 is 9.47 Å². The smallest absolute Gasteiger partial charge is 0.231 e. The van der Waals surface area contributed by atoms with Gasteiger partial charge in [0.05, 0.1) is 19.3 Å². The lowest BCUT2D eigenvalue weighted by Gasteiger charge is -2.29. The van der Waals surface area contributed by atoms with Crippen LogP contribution in [-0.4, -0.2) is 63.9 Å². The third kappa shape index (κ3) is 6.49. The number of pyridine rings is 2. The van der Waals surface area contributed by atoms with Crippen LogP contribution in [0.15, 0.2) is 77.1 Å². The predicted molar refractivity (Wildman–Crippen MR) is 166 cm³/mol. The zero-order chi connectivity index (χ0) is 28.7. The first-order valence-corrected chi connectivity index (χ1v) is 15.0. The molecule has 0 radical (unpaired) electrons. The summed E-state index contributed by atoms with van der Waals surface area (Å²) in [6, 6.07) is 16.8. The standard InChI is InChI=1S/C32H33N7O2S/c33-16-22-14-24(19-38-32(22)41-27-8-12-40-13-9-27)30-21-37-31-29(30)15-23(18-36-31)25(17-34)20-35-26-6-10-39(11-7-26)42-28-4-2-1-3-5-28/h1-5,14-15,17-21,26-27H,6-13,34H2,(H,36,37)/b25-17+,35-20?. The molecular formula is C32H33N7O2S. The molecule has 0 saturated carbocycles. The number of rotatable bonds is 8. The molecule has 2 aliphatic heterocycles. The van der Waals surface area contributed by atoms with E-state index in [1.54, 1.807) is 18.6 Å². The number of nitriles is 1. The Labute approximate surface area is 249 Å². The molecule has 6 rings (SSSR count). The van der Waals surface area contributed by atoms with Crippen LogP contribution in [-0.2, 0) is 4.74 Å². The summed E-state index contributed by atoms with van der Waals surface area (Å²) in [4.78, 5) is 18.5. The van der Waals surface area contributed by atoms with Crippen molar-refractivity contribution in [3.63, 3.8) is 0 Å². The lowest BCUT2D eigenvalue weighted by atomic mass is 10.0. The van der Waals surface area contributed by atoms with Gasteiger partial charge in [0.15, 0.2) is 0 Å². The molecule has 2 saturated heterocycles. The minimum atomic E-state index is 0.00732. The third-order valence-electron chi connectivity index (χ3n) is 7.60. The second kappa shape index (κ2) is 13.2. The highest BCUT2D eigenvalue weighted by Crippen LogP contribution is 2.32. The Morgan fingerprint density at radius 2 is 1.93 bits per heavy atom. The summed E-state index contributed by atoms with van der Waals surface area (Å²) in [5, 5.41) is 10.7. The summed E-state index contributed by atoms with van der Waals surface area (Å²) in [6.07, 6.45) is 12.5. The molecule has 1 aromatic carbocycles. The monoisotopic (exact) mass is 579 g/mol. The van der Waals surface area contributed by atoms with Crippen LogP contribution < -0.4 is 10.5 Å². The molecule has 4 aromatic rings. The summed E-state index contributed by atoms with van der Waals surface area (Å²) < 4.78 is 13.9. The zero-order valence-electron chi connectivity index (χ0n) is 23.3. The van der Waals surface area contributed by atoms with Crippen molar-refractivity contribution in [3.05, 3.63) is 78.4 Å². The molecule has 0 spiro atoms. The van der Waals surface area contributed by atoms with Crippen molar-refractivity contribution in [2.75, 3.05) is 26.3 Å². The van der Waals surface area contributed by atoms with Crippen LogP contribution in [0, 0.1) is 11.3 Å². The van der Waals surface area contributed by atoms with Crippen molar-refractivity contribution in [1.82, 2.24) is 19.3 Å². The van der Waals surface area contributed by atoms with Crippen LogP contribution >= 0.6 is 11.9 Å². The molecule has 3 N–H and O–H groups in total. The number of hydrogen-bond acceptors (Lipinski definition) is 9. The molecule has 0 bridgehead atoms. The number of fused-ring (bicyclic) bond motifs is 1. The number of nitrogens with zero attached hydrogens (tertiary/aromatic N) is 5. The molecule has 0 aliphatic carbocycles. The summed E-state index contributed by atoms with van der Waals surface area (Å²) in [6.45, 7) is 3.29. The second-order valence-electron chi connectivity index (χ2n) is 10.4. The van der Waals surface area contributed by atoms with Crippen molar-refractivity contribution >= 4 is 34.8 Å². The molecule has 0 atom stereocenters. The van der Waals surface area contributed by atoms with Crippen LogP contribution in [0.5, 0.6) is 5.88 Å². The van der Waals surface area contributed by atoms with Crippen LogP contribution in [0.3, 0.4) is 0 Å². The van der Waals surface area contributed by atoms with Gasteiger partial charge in [0, 0.05) is 89.5 Å². The maximum Gasteiger partial charge on any atom is 0.231 e. The fraction of sp³-hybridized carbons (Fsp3) is 0.312. The molecule has 2 aliphatic rings. The van der Waals surface area contributed by atoms with Crippen LogP contribution in [0.2, 0.25) is 0 Å². The van der Waals surface area contributed by atoms with Crippen molar-refractivity contribution in [2.24, 2.45) is 10.7 Å². The number of aliphatic imine (C=N–C) groups is 1. The van der Waals surface area contributed by atoms with E-state index in [9.17, 15) is 5.26 Å². The van der Waals surface area contributed by atoms with Gasteiger partial charge in [-0.05, 0) is 49.1 Å². The first kappa shape index (κ1) is 28.0. The summed E-state index contributed by atoms with van der Waals surface area (Å²) in [7, 11) is 0. The highest BCUT2D eigenvalue weighted by atomic mass is 32.2. The van der Waals surface area contributed by atoms with Crippen LogP contribution in [0.25, 0.3) is 27.7 Å². The quantitative estimate of drug-likeness (QED) is 0.204. The number of nitrogens with one attached hydrogen (secondary N) is 1. The topological polar surface area (TPSA) is 125 Å². The summed E-state index contributed by atoms with van der Waals surface area (Å²) in [5.41, 5.74) is 10.6. The van der Waals surface area contributed by atoms with E-state index < -0.39 is 0 Å². The number of allylic oxidation sites excluding steroid dienone is 1. The van der Waals surface area contributed by atoms with Gasteiger partial charge in [-0.15, -0.1) is 0 Å². The Morgan fingerprint density at radius 1 is 1.12 bits per heavy atom. The first-order valence-electron chi connectivity index (χ1n) is 14.3. The average Bonchev–Trinajstić information content (AvgIpc) is 3.47. The van der Waals surface area contributed by atoms with E-state index in [2.05, 4.69) is 55.7 Å². The maximum atomic E-state index is 9.82. The molecule has 3 aromatic heterocycles. The second-order valence-corrected chi connectivity index (χ2v) is 11.6. The van der Waals surface area contributed by atoms with E-state index in [-0.39, 0.29) is 12.1 Å². The minimum absolute atomic E-state index is 0.00732. The Bertz CT molecular complexity index is 1620. The number of piperidine rings is 1. The summed E-state index contributed by atoms with van der Waals surface area (Å²) in [5.74, 6) is 0.362. The van der Waals surface area contributed by atoms with Gasteiger partial charge in [0.1, 0.15) is 23.4 Å². The van der Waals surface area contributed by atoms with Gasteiger partial charge < -0.3 is 20.2 Å². The fourth-order valence-electron chi connectivity index (χ4n) is 5.24. The SMILES string of the molecule is N#Cc1cc(-c2c[nH]c3ncc(/C(C=NC4CCN(Sc5ccccc5)CC4)=C/N)cc23)cnc1OC1CCOCC1. The molecule has 42 heavy (non-hydrogen) atoms. The lowest BCUT2D eigenvalue weighted by Crippen LogP contribution is -2.30. The van der Waals surface area contributed by atoms with Crippen LogP contribution in [0.4, 0.5) is 0 Å². The molecule has 9 nitrogen and oxygen atoms in total. The van der Waals surface area contributed by atoms with Gasteiger partial charge in [-0.2, -0.15) is 5.26 Å². The Morgan fingerprint density at radius 3 is 2.69 bits per heavy atom. The number of benzene rings is 1. The number of ether oxygens (including phenoxy) is 2. The van der Waals surface area contributed by atoms with Crippen LogP contribution in [0.1, 0.15) is 36.8 Å². The number of nitrogens with two attached hydrogens (primary N) is 1. The van der Waals surface area contributed by atoms with Crippen molar-refractivity contribution in [1.29, 1.82) is 5.26 Å². The van der Waals surface area contributed by atoms with Gasteiger partial charge in [-0.3, -0.25) is 4.99 Å². The van der Waals surface area contributed by atoms with Gasteiger partial charge in [0.25, 0.3) is 0 Å². The average molecular weight is 580 g/mol. The highest BCUT2D eigenvalue weighted by Gasteiger charge is 2.21. The zero-order valence-corrected chi connectivity index (χ0v) is 24.1. The Balaban J connectivity index is 1.15. The lowest BCUT2D eigenvalue weighted by molar-refractivity contribution is 0.0236. The highest BCUT2D eigenvalue weighted by molar-refractivity contribution is 7.97. The van der Waals surface area contributed by atoms with Gasteiger partial charge >= 0.3 is 0 Å². The Kier molecular flexibility index (Phi) is 8.80. The van der Waals surface area contributed by atoms with Gasteiger partial charge in [-0.1, -0.05) is 18.2 Å². The third-order valence-corrected chi connectivity index (χ3v) is 8.71. The summed E-state index contributed by atoms with van der Waals surface area (Å²) >= 11 is 1.81. The molecule has 5 heterocycles. The van der Waals surface area contributed by atoms with Crippen molar-refractivity contribution in [3.8, 4) is 23.1 Å². The van der Waals surface area contributed by atoms with E-state index >= 15 is 0 Å². The molecule has 2 fully saturated rings. The van der Waals surface area contributed by atoms with E-state index in [1.165, 1.54) is 4.90 Å².